The van der Waals surface area contributed by atoms with Crippen LogP contribution in [0.25, 0.3) is 6.08 Å². The third-order valence-electron chi connectivity index (χ3n) is 5.42. The van der Waals surface area contributed by atoms with Gasteiger partial charge in [0.1, 0.15) is 0 Å². The highest BCUT2D eigenvalue weighted by atomic mass is 14.5. The van der Waals surface area contributed by atoms with Crippen LogP contribution in [0.15, 0.2) is 30.3 Å². The first-order valence-electron chi connectivity index (χ1n) is 7.20. The van der Waals surface area contributed by atoms with E-state index in [1.165, 1.54) is 37.7 Å². The van der Waals surface area contributed by atoms with Gasteiger partial charge in [-0.25, -0.2) is 0 Å². The van der Waals surface area contributed by atoms with E-state index in [1.54, 1.807) is 5.56 Å². The molecule has 2 fully saturated rings. The van der Waals surface area contributed by atoms with Gasteiger partial charge >= 0.3 is 0 Å². The number of allylic oxidation sites excluding steroid dienone is 1. The predicted octanol–water partition coefficient (Wildman–Crippen LogP) is 4.62. The van der Waals surface area contributed by atoms with Crippen molar-refractivity contribution in [2.24, 2.45) is 17.8 Å². The molecule has 1 aromatic carbocycles. The molecule has 0 nitrogen and oxygen atoms in total. The fraction of sp³-hybridized carbons (Fsp3) is 0.529. The van der Waals surface area contributed by atoms with Crippen molar-refractivity contribution in [3.8, 4) is 0 Å². The molecule has 0 saturated heterocycles. The smallest absolute Gasteiger partial charge is 0.00901 e. The van der Waals surface area contributed by atoms with Gasteiger partial charge in [-0.3, -0.25) is 0 Å². The van der Waals surface area contributed by atoms with Crippen molar-refractivity contribution in [3.05, 3.63) is 41.5 Å². The molecule has 17 heavy (non-hydrogen) atoms. The Bertz CT molecular complexity index is 457. The zero-order valence-electron chi connectivity index (χ0n) is 10.3. The standard InChI is InChI=1S/C17H20/c1-2-6-14-12(4-1)8-10-17-15-7-3-5-13(15)9-11-16(14)17/h1-2,4,6,8,10,13,15-17H,3,5,7,9,11H2. The van der Waals surface area contributed by atoms with Crippen molar-refractivity contribution >= 4 is 6.08 Å². The van der Waals surface area contributed by atoms with Crippen molar-refractivity contribution in [2.45, 2.75) is 38.0 Å². The van der Waals surface area contributed by atoms with Gasteiger partial charge in [0.15, 0.2) is 0 Å². The lowest BCUT2D eigenvalue weighted by atomic mass is 9.63. The summed E-state index contributed by atoms with van der Waals surface area (Å²) in [4.78, 5) is 0. The van der Waals surface area contributed by atoms with Gasteiger partial charge in [0.25, 0.3) is 0 Å². The number of rotatable bonds is 0. The van der Waals surface area contributed by atoms with E-state index < -0.39 is 0 Å². The minimum Gasteiger partial charge on any atom is -0.0799 e. The van der Waals surface area contributed by atoms with Crippen LogP contribution in [0.5, 0.6) is 0 Å². The lowest BCUT2D eigenvalue weighted by Crippen LogP contribution is -2.31. The zero-order valence-corrected chi connectivity index (χ0v) is 10.3. The Hall–Kier alpha value is -1.04. The fourth-order valence-corrected chi connectivity index (χ4v) is 4.67. The Morgan fingerprint density at radius 3 is 2.88 bits per heavy atom. The van der Waals surface area contributed by atoms with Gasteiger partial charge < -0.3 is 0 Å². The summed E-state index contributed by atoms with van der Waals surface area (Å²) in [6.07, 6.45) is 12.3. The summed E-state index contributed by atoms with van der Waals surface area (Å²) in [6, 6.07) is 9.04. The van der Waals surface area contributed by atoms with Gasteiger partial charge in [-0.1, -0.05) is 49.3 Å². The normalized spacial score (nSPS) is 38.4. The topological polar surface area (TPSA) is 0 Å². The molecule has 0 bridgehead atoms. The van der Waals surface area contributed by atoms with Crippen LogP contribution in [0, 0.1) is 17.8 Å². The zero-order chi connectivity index (χ0) is 11.2. The molecule has 0 N–H and O–H groups in total. The van der Waals surface area contributed by atoms with Crippen molar-refractivity contribution < 1.29 is 0 Å². The van der Waals surface area contributed by atoms with Gasteiger partial charge in [0.05, 0.1) is 0 Å². The molecule has 0 heteroatoms. The Morgan fingerprint density at radius 2 is 1.88 bits per heavy atom. The summed E-state index contributed by atoms with van der Waals surface area (Å²) in [5.74, 6) is 3.73. The second-order valence-corrected chi connectivity index (χ2v) is 6.10. The Balaban J connectivity index is 1.75. The van der Waals surface area contributed by atoms with Gasteiger partial charge in [0.2, 0.25) is 0 Å². The van der Waals surface area contributed by atoms with E-state index >= 15 is 0 Å². The van der Waals surface area contributed by atoms with Crippen LogP contribution >= 0.6 is 0 Å². The summed E-state index contributed by atoms with van der Waals surface area (Å²) in [5, 5.41) is 0. The van der Waals surface area contributed by atoms with Crippen molar-refractivity contribution in [3.63, 3.8) is 0 Å². The van der Waals surface area contributed by atoms with Crippen LogP contribution in [0.2, 0.25) is 0 Å². The summed E-state index contributed by atoms with van der Waals surface area (Å²) in [5.41, 5.74) is 3.11. The maximum Gasteiger partial charge on any atom is -0.00901 e. The molecule has 88 valence electrons. The molecule has 2 saturated carbocycles. The van der Waals surface area contributed by atoms with E-state index in [-0.39, 0.29) is 0 Å². The average Bonchev–Trinajstić information content (AvgIpc) is 2.86. The molecule has 4 rings (SSSR count). The molecule has 0 aromatic heterocycles. The highest BCUT2D eigenvalue weighted by Gasteiger charge is 2.42. The molecule has 0 heterocycles. The maximum absolute atomic E-state index is 2.54. The quantitative estimate of drug-likeness (QED) is 0.603. The fourth-order valence-electron chi connectivity index (χ4n) is 4.67. The van der Waals surface area contributed by atoms with Crippen molar-refractivity contribution in [2.75, 3.05) is 0 Å². The minimum atomic E-state index is 0.829. The maximum atomic E-state index is 2.54. The highest BCUT2D eigenvalue weighted by molar-refractivity contribution is 5.58. The number of hydrogen-bond donors (Lipinski definition) is 0. The third-order valence-corrected chi connectivity index (χ3v) is 5.42. The largest absolute Gasteiger partial charge is 0.0799 e. The molecule has 4 unspecified atom stereocenters. The van der Waals surface area contributed by atoms with Gasteiger partial charge in [-0.15, -0.1) is 0 Å². The van der Waals surface area contributed by atoms with E-state index in [4.69, 9.17) is 0 Å². The number of hydrogen-bond acceptors (Lipinski definition) is 0. The van der Waals surface area contributed by atoms with Crippen molar-refractivity contribution in [1.29, 1.82) is 0 Å². The highest BCUT2D eigenvalue weighted by Crippen LogP contribution is 2.53. The van der Waals surface area contributed by atoms with Crippen LogP contribution in [0.3, 0.4) is 0 Å². The first-order valence-corrected chi connectivity index (χ1v) is 7.20. The van der Waals surface area contributed by atoms with Crippen LogP contribution < -0.4 is 0 Å². The Kier molecular flexibility index (Phi) is 2.18. The van der Waals surface area contributed by atoms with Crippen molar-refractivity contribution in [1.82, 2.24) is 0 Å². The van der Waals surface area contributed by atoms with Crippen LogP contribution in [0.4, 0.5) is 0 Å². The van der Waals surface area contributed by atoms with Crippen LogP contribution in [-0.4, -0.2) is 0 Å². The van der Waals surface area contributed by atoms with Crippen LogP contribution in [-0.2, 0) is 0 Å². The summed E-state index contributed by atoms with van der Waals surface area (Å²) < 4.78 is 0. The molecular weight excluding hydrogens is 204 g/mol. The summed E-state index contributed by atoms with van der Waals surface area (Å²) in [6.45, 7) is 0. The van der Waals surface area contributed by atoms with E-state index in [2.05, 4.69) is 36.4 Å². The average molecular weight is 224 g/mol. The van der Waals surface area contributed by atoms with E-state index in [1.807, 2.05) is 0 Å². The molecule has 0 aliphatic heterocycles. The molecule has 0 spiro atoms. The number of fused-ring (bicyclic) bond motifs is 5. The Labute approximate surface area is 104 Å². The lowest BCUT2D eigenvalue weighted by molar-refractivity contribution is 0.189. The van der Waals surface area contributed by atoms with Gasteiger partial charge in [-0.2, -0.15) is 0 Å². The predicted molar refractivity (Wildman–Crippen MR) is 71.8 cm³/mol. The minimum absolute atomic E-state index is 0.829. The lowest BCUT2D eigenvalue weighted by Gasteiger charge is -2.41. The van der Waals surface area contributed by atoms with Gasteiger partial charge in [-0.05, 0) is 54.1 Å². The van der Waals surface area contributed by atoms with Gasteiger partial charge in [0, 0.05) is 0 Å². The Morgan fingerprint density at radius 1 is 0.941 bits per heavy atom. The molecule has 1 aromatic rings. The molecule has 3 aliphatic rings. The summed E-state index contributed by atoms with van der Waals surface area (Å²) in [7, 11) is 0. The molecular formula is C17H20. The monoisotopic (exact) mass is 224 g/mol. The number of benzene rings is 1. The van der Waals surface area contributed by atoms with Crippen LogP contribution in [0.1, 0.15) is 49.1 Å². The van der Waals surface area contributed by atoms with E-state index in [0.29, 0.717) is 0 Å². The molecule has 0 radical (unpaired) electrons. The van der Waals surface area contributed by atoms with E-state index in [9.17, 15) is 0 Å². The van der Waals surface area contributed by atoms with E-state index in [0.717, 1.165) is 23.7 Å². The SMILES string of the molecule is C1=CC2C(CCC3CCCC32)c2ccccc21. The molecule has 3 aliphatic carbocycles. The second kappa shape index (κ2) is 3.73. The first kappa shape index (κ1) is 9.94. The summed E-state index contributed by atoms with van der Waals surface area (Å²) >= 11 is 0. The molecule has 0 amide bonds. The molecule has 4 atom stereocenters. The second-order valence-electron chi connectivity index (χ2n) is 6.10. The first-order chi connectivity index (χ1) is 8.43. The third kappa shape index (κ3) is 1.43.